The van der Waals surface area contributed by atoms with Gasteiger partial charge in [0.1, 0.15) is 0 Å². The van der Waals surface area contributed by atoms with Crippen LogP contribution >= 0.6 is 0 Å². The lowest BCUT2D eigenvalue weighted by molar-refractivity contribution is 0.0696. The Morgan fingerprint density at radius 1 is 1.10 bits per heavy atom. The van der Waals surface area contributed by atoms with Gasteiger partial charge in [0, 0.05) is 0 Å². The van der Waals surface area contributed by atoms with Crippen LogP contribution in [0, 0.1) is 0 Å². The molecule has 0 atom stereocenters. The third kappa shape index (κ3) is 3.69. The molecule has 0 saturated carbocycles. The van der Waals surface area contributed by atoms with Crippen LogP contribution in [0.5, 0.6) is 17.2 Å². The first kappa shape index (κ1) is 17.4. The monoisotopic (exact) mass is 312 g/mol. The first-order valence-electron chi connectivity index (χ1n) is 6.72. The van der Waals surface area contributed by atoms with Crippen molar-refractivity contribution in [2.45, 2.75) is 38.9 Å². The molecule has 0 aromatic heterocycles. The smallest absolute Gasteiger partial charge is 0.335 e. The summed E-state index contributed by atoms with van der Waals surface area (Å²) in [4.78, 5) is 11.1. The molecule has 21 heavy (non-hydrogen) atoms. The molecule has 118 valence electrons. The fourth-order valence-electron chi connectivity index (χ4n) is 1.51. The molecule has 0 unspecified atom stereocenters. The van der Waals surface area contributed by atoms with Crippen LogP contribution in [0.25, 0.3) is 0 Å². The van der Waals surface area contributed by atoms with Gasteiger partial charge in [-0.3, -0.25) is 0 Å². The predicted molar refractivity (Wildman–Crippen MR) is 84.3 cm³/mol. The molecule has 6 heteroatoms. The van der Waals surface area contributed by atoms with Crippen molar-refractivity contribution in [3.05, 3.63) is 17.7 Å². The topological polar surface area (TPSA) is 65.0 Å². The Morgan fingerprint density at radius 3 is 1.81 bits per heavy atom. The van der Waals surface area contributed by atoms with Crippen LogP contribution < -0.4 is 13.9 Å². The van der Waals surface area contributed by atoms with E-state index in [1.807, 2.05) is 0 Å². The highest BCUT2D eigenvalue weighted by Crippen LogP contribution is 2.44. The number of ether oxygens (including phenoxy) is 2. The van der Waals surface area contributed by atoms with Gasteiger partial charge < -0.3 is 19.0 Å². The molecule has 0 aliphatic heterocycles. The van der Waals surface area contributed by atoms with Crippen molar-refractivity contribution < 1.29 is 23.8 Å². The van der Waals surface area contributed by atoms with Crippen molar-refractivity contribution >= 4 is 14.3 Å². The Kier molecular flexibility index (Phi) is 4.93. The van der Waals surface area contributed by atoms with Crippen LogP contribution in [-0.2, 0) is 0 Å². The van der Waals surface area contributed by atoms with E-state index in [1.54, 1.807) is 0 Å². The van der Waals surface area contributed by atoms with Crippen LogP contribution in [0.3, 0.4) is 0 Å². The summed E-state index contributed by atoms with van der Waals surface area (Å²) in [6.07, 6.45) is 0. The van der Waals surface area contributed by atoms with Gasteiger partial charge in [-0.2, -0.15) is 0 Å². The van der Waals surface area contributed by atoms with E-state index >= 15 is 0 Å². The molecule has 5 nitrogen and oxygen atoms in total. The molecule has 0 spiro atoms. The quantitative estimate of drug-likeness (QED) is 0.838. The highest BCUT2D eigenvalue weighted by Gasteiger charge is 2.40. The number of hydrogen-bond acceptors (Lipinski definition) is 4. The summed E-state index contributed by atoms with van der Waals surface area (Å²) < 4.78 is 16.8. The van der Waals surface area contributed by atoms with Gasteiger partial charge in [-0.1, -0.05) is 20.8 Å². The Morgan fingerprint density at radius 2 is 1.52 bits per heavy atom. The van der Waals surface area contributed by atoms with Gasteiger partial charge in [-0.15, -0.1) is 0 Å². The Bertz CT molecular complexity index is 506. The van der Waals surface area contributed by atoms with Crippen molar-refractivity contribution in [1.29, 1.82) is 0 Å². The molecule has 0 saturated heterocycles. The molecule has 0 amide bonds. The zero-order valence-electron chi connectivity index (χ0n) is 13.7. The second kappa shape index (κ2) is 5.97. The lowest BCUT2D eigenvalue weighted by atomic mass is 10.2. The minimum absolute atomic E-state index is 0.00842. The average molecular weight is 312 g/mol. The second-order valence-corrected chi connectivity index (χ2v) is 11.1. The summed E-state index contributed by atoms with van der Waals surface area (Å²) in [7, 11) is 0.877. The molecule has 0 radical (unpaired) electrons. The number of aromatic carboxylic acids is 1. The maximum atomic E-state index is 11.1. The second-order valence-electron chi connectivity index (χ2n) is 6.38. The number of carboxylic acid groups (broad SMARTS) is 1. The third-order valence-electron chi connectivity index (χ3n) is 3.87. The number of rotatable bonds is 5. The fourth-order valence-corrected chi connectivity index (χ4v) is 2.53. The zero-order valence-corrected chi connectivity index (χ0v) is 14.7. The largest absolute Gasteiger partial charge is 0.539 e. The van der Waals surface area contributed by atoms with Gasteiger partial charge in [0.2, 0.25) is 0 Å². The van der Waals surface area contributed by atoms with Crippen LogP contribution in [0.4, 0.5) is 0 Å². The Labute approximate surface area is 127 Å². The third-order valence-corrected chi connectivity index (χ3v) is 8.20. The molecule has 1 rings (SSSR count). The van der Waals surface area contributed by atoms with Gasteiger partial charge in [-0.25, -0.2) is 4.79 Å². The lowest BCUT2D eigenvalue weighted by Gasteiger charge is -2.37. The van der Waals surface area contributed by atoms with E-state index in [0.717, 1.165) is 0 Å². The first-order chi connectivity index (χ1) is 9.53. The van der Waals surface area contributed by atoms with Crippen molar-refractivity contribution in [1.82, 2.24) is 0 Å². The van der Waals surface area contributed by atoms with E-state index in [-0.39, 0.29) is 10.6 Å². The van der Waals surface area contributed by atoms with Crippen molar-refractivity contribution in [2.75, 3.05) is 14.2 Å². The van der Waals surface area contributed by atoms with Gasteiger partial charge in [0.15, 0.2) is 17.2 Å². The molecule has 1 N–H and O–H groups in total. The minimum atomic E-state index is -2.09. The highest BCUT2D eigenvalue weighted by atomic mass is 28.4. The molecule has 1 aromatic carbocycles. The lowest BCUT2D eigenvalue weighted by Crippen LogP contribution is -2.44. The fraction of sp³-hybridized carbons (Fsp3) is 0.533. The van der Waals surface area contributed by atoms with Gasteiger partial charge in [-0.05, 0) is 30.3 Å². The molecular formula is C15H24O5Si. The maximum Gasteiger partial charge on any atom is 0.335 e. The highest BCUT2D eigenvalue weighted by molar-refractivity contribution is 6.74. The number of carboxylic acids is 1. The average Bonchev–Trinajstić information content (AvgIpc) is 2.36. The summed E-state index contributed by atoms with van der Waals surface area (Å²) in [6, 6.07) is 2.90. The van der Waals surface area contributed by atoms with E-state index in [4.69, 9.17) is 19.0 Å². The molecule has 0 aliphatic carbocycles. The molecule has 0 aliphatic rings. The Balaban J connectivity index is 3.38. The number of methoxy groups -OCH3 is 2. The van der Waals surface area contributed by atoms with Crippen molar-refractivity contribution in [2.24, 2.45) is 0 Å². The zero-order chi connectivity index (χ0) is 16.4. The summed E-state index contributed by atoms with van der Waals surface area (Å²) in [5.74, 6) is 0.176. The summed E-state index contributed by atoms with van der Waals surface area (Å²) >= 11 is 0. The van der Waals surface area contributed by atoms with Crippen LogP contribution in [0.2, 0.25) is 18.1 Å². The van der Waals surface area contributed by atoms with E-state index in [1.165, 1.54) is 26.4 Å². The number of carbonyl (C=O) groups is 1. The molecular weight excluding hydrogens is 288 g/mol. The molecule has 0 heterocycles. The SMILES string of the molecule is COc1cc(C(=O)O)cc(OC)c1O[Si](C)(C)C(C)(C)C. The van der Waals surface area contributed by atoms with E-state index in [9.17, 15) is 4.79 Å². The maximum absolute atomic E-state index is 11.1. The van der Waals surface area contributed by atoms with Crippen LogP contribution in [0.15, 0.2) is 12.1 Å². The van der Waals surface area contributed by atoms with Crippen molar-refractivity contribution in [3.8, 4) is 17.2 Å². The van der Waals surface area contributed by atoms with E-state index in [0.29, 0.717) is 17.2 Å². The first-order valence-corrected chi connectivity index (χ1v) is 9.62. The standard InChI is InChI=1S/C15H24O5Si/c1-15(2,3)21(6,7)20-13-11(18-4)8-10(14(16)17)9-12(13)19-5/h8-9H,1-7H3,(H,16,17). The summed E-state index contributed by atoms with van der Waals surface area (Å²) in [5.41, 5.74) is 0.103. The molecule has 0 fully saturated rings. The minimum Gasteiger partial charge on any atom is -0.539 e. The molecule has 0 bridgehead atoms. The normalized spacial score (nSPS) is 12.0. The number of benzene rings is 1. The Hall–Kier alpha value is -1.69. The van der Waals surface area contributed by atoms with Crippen molar-refractivity contribution in [3.63, 3.8) is 0 Å². The summed E-state index contributed by atoms with van der Waals surface area (Å²) in [6.45, 7) is 10.6. The van der Waals surface area contributed by atoms with Gasteiger partial charge in [0.25, 0.3) is 8.32 Å². The van der Waals surface area contributed by atoms with E-state index < -0.39 is 14.3 Å². The molecule has 1 aromatic rings. The number of hydrogen-bond donors (Lipinski definition) is 1. The summed E-state index contributed by atoms with van der Waals surface area (Å²) in [5, 5.41) is 9.14. The van der Waals surface area contributed by atoms with Gasteiger partial charge in [0.05, 0.1) is 19.8 Å². The van der Waals surface area contributed by atoms with Crippen LogP contribution in [0.1, 0.15) is 31.1 Å². The predicted octanol–water partition coefficient (Wildman–Crippen LogP) is 3.79. The van der Waals surface area contributed by atoms with Gasteiger partial charge >= 0.3 is 5.97 Å². The van der Waals surface area contributed by atoms with Crippen LogP contribution in [-0.4, -0.2) is 33.6 Å². The van der Waals surface area contributed by atoms with E-state index in [2.05, 4.69) is 33.9 Å².